The Labute approximate surface area is 122 Å². The fourth-order valence-electron chi connectivity index (χ4n) is 1.35. The molecule has 0 amide bonds. The van der Waals surface area contributed by atoms with Gasteiger partial charge in [-0.1, -0.05) is 40.0 Å². The summed E-state index contributed by atoms with van der Waals surface area (Å²) in [6.07, 6.45) is 8.49. The molecular formula is C13H30O4S2. The van der Waals surface area contributed by atoms with Crippen molar-refractivity contribution < 1.29 is 17.2 Å². The maximum Gasteiger partial charge on any atom is 0.217 e. The average Bonchev–Trinajstić information content (AvgIpc) is 2.38. The Morgan fingerprint density at radius 3 is 1.32 bits per heavy atom. The van der Waals surface area contributed by atoms with E-state index < -0.39 is 10.4 Å². The van der Waals surface area contributed by atoms with E-state index in [4.69, 9.17) is 0 Å². The normalized spacial score (nSPS) is 11.3. The van der Waals surface area contributed by atoms with Crippen LogP contribution in [0, 0.1) is 0 Å². The van der Waals surface area contributed by atoms with Crippen LogP contribution in [0.3, 0.4) is 0 Å². The number of rotatable bonds is 10. The maximum atomic E-state index is 9.22. The third-order valence-corrected chi connectivity index (χ3v) is 5.57. The summed E-state index contributed by atoms with van der Waals surface area (Å²) in [5.41, 5.74) is 0. The van der Waals surface area contributed by atoms with Gasteiger partial charge in [-0.15, -0.1) is 0 Å². The molecule has 0 aliphatic rings. The highest BCUT2D eigenvalue weighted by atomic mass is 32.3. The molecule has 0 aromatic heterocycles. The van der Waals surface area contributed by atoms with Crippen molar-refractivity contribution in [2.45, 2.75) is 59.3 Å². The zero-order chi connectivity index (χ0) is 15.1. The summed E-state index contributed by atoms with van der Waals surface area (Å²) < 4.78 is 31.0. The highest BCUT2D eigenvalue weighted by molar-refractivity contribution is 7.96. The summed E-state index contributed by atoms with van der Waals surface area (Å²) in [4.78, 5) is 0. The minimum atomic E-state index is -4.41. The smallest absolute Gasteiger partial charge is 0.217 e. The minimum absolute atomic E-state index is 0.776. The van der Waals surface area contributed by atoms with Gasteiger partial charge in [0.2, 0.25) is 10.4 Å². The molecule has 6 heteroatoms. The fourth-order valence-corrected chi connectivity index (χ4v) is 4.05. The van der Waals surface area contributed by atoms with E-state index in [9.17, 15) is 13.0 Å². The van der Waals surface area contributed by atoms with Crippen LogP contribution in [0.2, 0.25) is 0 Å². The first-order valence-corrected chi connectivity index (χ1v) is 10.1. The Hall–Kier alpha value is 0.220. The Morgan fingerprint density at radius 2 is 1.16 bits per heavy atom. The predicted molar refractivity (Wildman–Crippen MR) is 83.4 cm³/mol. The van der Waals surface area contributed by atoms with Gasteiger partial charge in [0.25, 0.3) is 0 Å². The zero-order valence-electron chi connectivity index (χ0n) is 12.8. The molecule has 0 aliphatic carbocycles. The van der Waals surface area contributed by atoms with Crippen LogP contribution in [0.25, 0.3) is 0 Å². The summed E-state index contributed by atoms with van der Waals surface area (Å²) in [6, 6.07) is 0. The van der Waals surface area contributed by atoms with Crippen molar-refractivity contribution in [3.8, 4) is 0 Å². The molecule has 0 unspecified atom stereocenters. The SMILES string of the molecule is CCCC[S+](CCCC)CCCC.COS(=O)(=O)[O-]. The van der Waals surface area contributed by atoms with Crippen molar-refractivity contribution in [3.63, 3.8) is 0 Å². The van der Waals surface area contributed by atoms with E-state index in [2.05, 4.69) is 25.0 Å². The first-order valence-electron chi connectivity index (χ1n) is 7.06. The van der Waals surface area contributed by atoms with Gasteiger partial charge in [0.05, 0.1) is 7.11 Å². The molecule has 0 radical (unpaired) electrons. The second kappa shape index (κ2) is 14.6. The van der Waals surface area contributed by atoms with E-state index in [0.717, 1.165) is 18.0 Å². The Morgan fingerprint density at radius 1 is 0.895 bits per heavy atom. The molecule has 19 heavy (non-hydrogen) atoms. The lowest BCUT2D eigenvalue weighted by atomic mass is 10.4. The molecule has 0 aliphatic heterocycles. The summed E-state index contributed by atoms with van der Waals surface area (Å²) >= 11 is 0. The molecule has 0 heterocycles. The van der Waals surface area contributed by atoms with Crippen molar-refractivity contribution in [1.29, 1.82) is 0 Å². The fraction of sp³-hybridized carbons (Fsp3) is 1.00. The molecule has 0 spiro atoms. The standard InChI is InChI=1S/C12H27S.CH4O4S/c1-4-7-10-13(11-8-5-2)12-9-6-3;1-5-6(2,3)4/h4-12H2,1-3H3;1H3,(H,2,3,4)/q+1;/p-1. The highest BCUT2D eigenvalue weighted by Crippen LogP contribution is 2.08. The van der Waals surface area contributed by atoms with E-state index in [-0.39, 0.29) is 0 Å². The van der Waals surface area contributed by atoms with Gasteiger partial charge in [-0.05, 0) is 30.2 Å². The van der Waals surface area contributed by atoms with Gasteiger partial charge < -0.3 is 4.55 Å². The second-order valence-corrected chi connectivity index (χ2v) is 7.96. The van der Waals surface area contributed by atoms with E-state index in [1.165, 1.54) is 55.8 Å². The lowest BCUT2D eigenvalue weighted by molar-refractivity contribution is 0.314. The minimum Gasteiger partial charge on any atom is -0.726 e. The molecule has 0 atom stereocenters. The Kier molecular flexibility index (Phi) is 16.6. The summed E-state index contributed by atoms with van der Waals surface area (Å²) in [5.74, 6) is 4.53. The van der Waals surface area contributed by atoms with Crippen LogP contribution in [0.5, 0.6) is 0 Å². The molecular weight excluding hydrogens is 284 g/mol. The molecule has 0 fully saturated rings. The van der Waals surface area contributed by atoms with Gasteiger partial charge in [0, 0.05) is 0 Å². The molecule has 0 aromatic carbocycles. The zero-order valence-corrected chi connectivity index (χ0v) is 14.4. The summed E-state index contributed by atoms with van der Waals surface area (Å²) in [6.45, 7) is 6.92. The van der Waals surface area contributed by atoms with Crippen LogP contribution in [-0.4, -0.2) is 37.3 Å². The molecule has 0 rings (SSSR count). The van der Waals surface area contributed by atoms with Crippen molar-refractivity contribution in [2.75, 3.05) is 24.4 Å². The Bertz CT molecular complexity index is 247. The maximum absolute atomic E-state index is 9.22. The van der Waals surface area contributed by atoms with E-state index in [0.29, 0.717) is 0 Å². The predicted octanol–water partition coefficient (Wildman–Crippen LogP) is 3.10. The molecule has 0 aromatic rings. The van der Waals surface area contributed by atoms with Crippen LogP contribution in [-0.2, 0) is 25.5 Å². The van der Waals surface area contributed by atoms with Crippen molar-refractivity contribution in [2.24, 2.45) is 0 Å². The number of hydrogen-bond donors (Lipinski definition) is 0. The summed E-state index contributed by atoms with van der Waals surface area (Å²) in [7, 11) is -2.83. The average molecular weight is 315 g/mol. The first-order chi connectivity index (χ1) is 8.91. The van der Waals surface area contributed by atoms with Crippen LogP contribution in [0.1, 0.15) is 59.3 Å². The second-order valence-electron chi connectivity index (χ2n) is 4.36. The van der Waals surface area contributed by atoms with E-state index in [1.807, 2.05) is 0 Å². The molecule has 0 saturated carbocycles. The van der Waals surface area contributed by atoms with Gasteiger partial charge in [0.1, 0.15) is 17.3 Å². The third-order valence-electron chi connectivity index (χ3n) is 2.56. The third kappa shape index (κ3) is 20.7. The van der Waals surface area contributed by atoms with Gasteiger partial charge in [-0.25, -0.2) is 8.42 Å². The quantitative estimate of drug-likeness (QED) is 0.353. The van der Waals surface area contributed by atoms with E-state index in [1.54, 1.807) is 0 Å². The molecule has 0 N–H and O–H groups in total. The van der Waals surface area contributed by atoms with Crippen LogP contribution in [0.15, 0.2) is 0 Å². The largest absolute Gasteiger partial charge is 0.726 e. The molecule has 0 bridgehead atoms. The van der Waals surface area contributed by atoms with Gasteiger partial charge in [-0.2, -0.15) is 0 Å². The Balaban J connectivity index is 0. The van der Waals surface area contributed by atoms with Gasteiger partial charge in [0.15, 0.2) is 0 Å². The van der Waals surface area contributed by atoms with Crippen LogP contribution < -0.4 is 0 Å². The number of hydrogen-bond acceptors (Lipinski definition) is 4. The van der Waals surface area contributed by atoms with Crippen LogP contribution in [0.4, 0.5) is 0 Å². The monoisotopic (exact) mass is 314 g/mol. The molecule has 118 valence electrons. The lowest BCUT2D eigenvalue weighted by Crippen LogP contribution is -2.16. The van der Waals surface area contributed by atoms with Crippen molar-refractivity contribution in [3.05, 3.63) is 0 Å². The highest BCUT2D eigenvalue weighted by Gasteiger charge is 2.15. The van der Waals surface area contributed by atoms with Crippen LogP contribution >= 0.6 is 0 Å². The van der Waals surface area contributed by atoms with Gasteiger partial charge in [-0.3, -0.25) is 4.18 Å². The van der Waals surface area contributed by atoms with Crippen molar-refractivity contribution >= 4 is 21.3 Å². The summed E-state index contributed by atoms with van der Waals surface area (Å²) in [5, 5.41) is 0. The number of unbranched alkanes of at least 4 members (excludes halogenated alkanes) is 3. The lowest BCUT2D eigenvalue weighted by Gasteiger charge is -2.07. The molecule has 4 nitrogen and oxygen atoms in total. The molecule has 0 saturated heterocycles. The topological polar surface area (TPSA) is 66.4 Å². The first kappa shape index (κ1) is 21.5. The van der Waals surface area contributed by atoms with Crippen molar-refractivity contribution in [1.82, 2.24) is 0 Å². The van der Waals surface area contributed by atoms with Gasteiger partial charge >= 0.3 is 0 Å². The van der Waals surface area contributed by atoms with E-state index >= 15 is 0 Å².